The summed E-state index contributed by atoms with van der Waals surface area (Å²) in [4.78, 5) is 16.4. The molecule has 0 atom stereocenters. The first-order chi connectivity index (χ1) is 13.3. The summed E-state index contributed by atoms with van der Waals surface area (Å²) in [5.41, 5.74) is 1.11. The number of hydrogen-bond donors (Lipinski definition) is 0. The lowest BCUT2D eigenvalue weighted by molar-refractivity contribution is -0.134. The molecule has 0 radical (unpaired) electrons. The summed E-state index contributed by atoms with van der Waals surface area (Å²) in [6.45, 7) is 0. The van der Waals surface area contributed by atoms with Crippen LogP contribution in [0.15, 0.2) is 77.3 Å². The second-order valence-electron chi connectivity index (χ2n) is 6.25. The van der Waals surface area contributed by atoms with Gasteiger partial charge in [0.15, 0.2) is 5.82 Å². The largest absolute Gasteiger partial charge is 0.426 e. The molecule has 0 aliphatic heterocycles. The molecule has 0 N–H and O–H groups in total. The molecule has 0 amide bonds. The molecule has 0 aliphatic carbocycles. The minimum Gasteiger partial charge on any atom is -0.426 e. The van der Waals surface area contributed by atoms with Gasteiger partial charge in [-0.25, -0.2) is 0 Å². The Hall–Kier alpha value is -3.47. The number of carbonyl (C=O) groups is 1. The summed E-state index contributed by atoms with van der Waals surface area (Å²) in [5, 5.41) is 6.11. The predicted molar refractivity (Wildman–Crippen MR) is 101 cm³/mol. The van der Waals surface area contributed by atoms with Gasteiger partial charge in [0.2, 0.25) is 5.89 Å². The fourth-order valence-corrected chi connectivity index (χ4v) is 2.86. The highest BCUT2D eigenvalue weighted by Crippen LogP contribution is 2.21. The van der Waals surface area contributed by atoms with Crippen LogP contribution in [0.3, 0.4) is 0 Å². The zero-order valence-corrected chi connectivity index (χ0v) is 14.7. The molecule has 0 saturated heterocycles. The van der Waals surface area contributed by atoms with Gasteiger partial charge in [0.05, 0.1) is 6.42 Å². The van der Waals surface area contributed by atoms with Crippen LogP contribution in [-0.2, 0) is 17.6 Å². The van der Waals surface area contributed by atoms with E-state index in [1.807, 2.05) is 66.7 Å². The fraction of sp³-hybridized carbons (Fsp3) is 0.136. The van der Waals surface area contributed by atoms with Gasteiger partial charge in [0.1, 0.15) is 5.75 Å². The Morgan fingerprint density at radius 3 is 2.56 bits per heavy atom. The van der Waals surface area contributed by atoms with Gasteiger partial charge >= 0.3 is 5.97 Å². The number of aryl methyl sites for hydroxylation is 1. The van der Waals surface area contributed by atoms with Crippen LogP contribution in [0.4, 0.5) is 0 Å². The molecule has 27 heavy (non-hydrogen) atoms. The second-order valence-corrected chi connectivity index (χ2v) is 6.25. The molecule has 0 unspecified atom stereocenters. The van der Waals surface area contributed by atoms with Crippen molar-refractivity contribution in [2.45, 2.75) is 19.3 Å². The van der Waals surface area contributed by atoms with Crippen molar-refractivity contribution in [3.05, 3.63) is 90.1 Å². The number of hydrogen-bond acceptors (Lipinski definition) is 5. The zero-order valence-electron chi connectivity index (χ0n) is 14.7. The van der Waals surface area contributed by atoms with Crippen LogP contribution in [0, 0.1) is 0 Å². The lowest BCUT2D eigenvalue weighted by Crippen LogP contribution is -2.09. The number of fused-ring (bicyclic) bond motifs is 1. The van der Waals surface area contributed by atoms with Gasteiger partial charge in [-0.15, -0.1) is 0 Å². The van der Waals surface area contributed by atoms with Crippen molar-refractivity contribution in [2.24, 2.45) is 0 Å². The maximum atomic E-state index is 12.1. The molecule has 4 aromatic rings. The number of carbonyl (C=O) groups excluding carboxylic acids is 1. The first-order valence-electron chi connectivity index (χ1n) is 8.81. The van der Waals surface area contributed by atoms with Crippen LogP contribution in [0.25, 0.3) is 10.8 Å². The average molecular weight is 358 g/mol. The SMILES string of the molecule is O=C(CCc1nc(Cc2ccccc2)no1)Oc1ccc2ccccc2c1. The van der Waals surface area contributed by atoms with Gasteiger partial charge in [-0.05, 0) is 28.5 Å². The third kappa shape index (κ3) is 4.39. The highest BCUT2D eigenvalue weighted by Gasteiger charge is 2.11. The number of aromatic nitrogens is 2. The van der Waals surface area contributed by atoms with E-state index in [9.17, 15) is 4.79 Å². The molecule has 0 spiro atoms. The molecular formula is C22H18N2O3. The third-order valence-corrected chi connectivity index (χ3v) is 4.21. The molecule has 0 saturated carbocycles. The summed E-state index contributed by atoms with van der Waals surface area (Å²) < 4.78 is 10.6. The summed E-state index contributed by atoms with van der Waals surface area (Å²) in [7, 11) is 0. The minimum atomic E-state index is -0.326. The van der Waals surface area contributed by atoms with Crippen LogP contribution < -0.4 is 4.74 Å². The Morgan fingerprint density at radius 1 is 0.926 bits per heavy atom. The van der Waals surface area contributed by atoms with E-state index in [4.69, 9.17) is 9.26 Å². The molecule has 4 rings (SSSR count). The molecular weight excluding hydrogens is 340 g/mol. The van der Waals surface area contributed by atoms with Crippen LogP contribution in [0.2, 0.25) is 0 Å². The summed E-state index contributed by atoms with van der Waals surface area (Å²) in [6.07, 6.45) is 1.14. The van der Waals surface area contributed by atoms with E-state index >= 15 is 0 Å². The van der Waals surface area contributed by atoms with Crippen molar-refractivity contribution in [2.75, 3.05) is 0 Å². The molecule has 1 heterocycles. The lowest BCUT2D eigenvalue weighted by atomic mass is 10.1. The van der Waals surface area contributed by atoms with Crippen molar-refractivity contribution >= 4 is 16.7 Å². The normalized spacial score (nSPS) is 10.8. The Morgan fingerprint density at radius 2 is 1.70 bits per heavy atom. The fourth-order valence-electron chi connectivity index (χ4n) is 2.86. The first-order valence-corrected chi connectivity index (χ1v) is 8.81. The van der Waals surface area contributed by atoms with Crippen molar-refractivity contribution in [1.82, 2.24) is 10.1 Å². The van der Waals surface area contributed by atoms with E-state index in [-0.39, 0.29) is 12.4 Å². The predicted octanol–water partition coefficient (Wildman–Crippen LogP) is 4.35. The minimum absolute atomic E-state index is 0.180. The summed E-state index contributed by atoms with van der Waals surface area (Å²) in [6, 6.07) is 23.5. The molecule has 1 aromatic heterocycles. The monoisotopic (exact) mass is 358 g/mol. The molecule has 134 valence electrons. The zero-order chi connectivity index (χ0) is 18.5. The first kappa shape index (κ1) is 17.0. The standard InChI is InChI=1S/C22H18N2O3/c25-22(26-19-11-10-17-8-4-5-9-18(17)15-19)13-12-21-23-20(24-27-21)14-16-6-2-1-3-7-16/h1-11,15H,12-14H2. The van der Waals surface area contributed by atoms with Gasteiger partial charge in [-0.1, -0.05) is 65.8 Å². The molecule has 0 aliphatic rings. The van der Waals surface area contributed by atoms with E-state index in [0.29, 0.717) is 30.3 Å². The Labute approximate surface area is 156 Å². The smallest absolute Gasteiger partial charge is 0.311 e. The number of ether oxygens (including phenoxy) is 1. The number of rotatable bonds is 6. The van der Waals surface area contributed by atoms with Gasteiger partial charge in [0, 0.05) is 12.8 Å². The Bertz CT molecular complexity index is 1060. The van der Waals surface area contributed by atoms with Crippen molar-refractivity contribution < 1.29 is 14.1 Å². The van der Waals surface area contributed by atoms with Crippen molar-refractivity contribution in [3.8, 4) is 5.75 Å². The third-order valence-electron chi connectivity index (χ3n) is 4.21. The van der Waals surface area contributed by atoms with E-state index < -0.39 is 0 Å². The van der Waals surface area contributed by atoms with E-state index in [2.05, 4.69) is 10.1 Å². The Kier molecular flexibility index (Phi) is 4.92. The van der Waals surface area contributed by atoms with Gasteiger partial charge in [0.25, 0.3) is 0 Å². The van der Waals surface area contributed by atoms with Crippen molar-refractivity contribution in [3.63, 3.8) is 0 Å². The molecule has 5 heteroatoms. The number of benzene rings is 3. The van der Waals surface area contributed by atoms with E-state index in [1.165, 1.54) is 0 Å². The lowest BCUT2D eigenvalue weighted by Gasteiger charge is -2.05. The number of nitrogens with zero attached hydrogens (tertiary/aromatic N) is 2. The highest BCUT2D eigenvalue weighted by atomic mass is 16.5. The molecule has 3 aromatic carbocycles. The van der Waals surface area contributed by atoms with Crippen molar-refractivity contribution in [1.29, 1.82) is 0 Å². The van der Waals surface area contributed by atoms with Gasteiger partial charge in [-0.3, -0.25) is 4.79 Å². The molecule has 0 bridgehead atoms. The summed E-state index contributed by atoms with van der Waals surface area (Å²) in [5.74, 6) is 1.26. The van der Waals surface area contributed by atoms with Crippen LogP contribution >= 0.6 is 0 Å². The van der Waals surface area contributed by atoms with E-state index in [0.717, 1.165) is 16.3 Å². The average Bonchev–Trinajstić information content (AvgIpc) is 3.14. The quantitative estimate of drug-likeness (QED) is 0.379. The Balaban J connectivity index is 1.32. The van der Waals surface area contributed by atoms with Crippen LogP contribution in [0.1, 0.15) is 23.7 Å². The molecule has 5 nitrogen and oxygen atoms in total. The topological polar surface area (TPSA) is 65.2 Å². The maximum absolute atomic E-state index is 12.1. The molecule has 0 fully saturated rings. The van der Waals surface area contributed by atoms with Gasteiger partial charge < -0.3 is 9.26 Å². The van der Waals surface area contributed by atoms with Crippen LogP contribution in [0.5, 0.6) is 5.75 Å². The van der Waals surface area contributed by atoms with Gasteiger partial charge in [-0.2, -0.15) is 4.98 Å². The second kappa shape index (κ2) is 7.83. The highest BCUT2D eigenvalue weighted by molar-refractivity contribution is 5.84. The number of esters is 1. The summed E-state index contributed by atoms with van der Waals surface area (Å²) >= 11 is 0. The maximum Gasteiger partial charge on any atom is 0.311 e. The van der Waals surface area contributed by atoms with Crippen LogP contribution in [-0.4, -0.2) is 16.1 Å². The van der Waals surface area contributed by atoms with E-state index in [1.54, 1.807) is 6.07 Å².